The van der Waals surface area contributed by atoms with Gasteiger partial charge in [-0.05, 0) is 42.8 Å². The highest BCUT2D eigenvalue weighted by Crippen LogP contribution is 2.27. The van der Waals surface area contributed by atoms with Crippen molar-refractivity contribution in [3.8, 4) is 17.5 Å². The minimum atomic E-state index is 0.00412. The number of aryl methyl sites for hydroxylation is 1. The standard InChI is InChI=1S/C25H22N6O/c1-29-18-26-28-24(29)22-12-15-30(17-22)25(32)21-10-11-23(31-14-5-13-27-31)20(16-21)9-8-19-6-3-2-4-7-19/h2-7,10-11,13-14,16,18,22H,12,15,17H2,1H3. The summed E-state index contributed by atoms with van der Waals surface area (Å²) in [5, 5.41) is 12.5. The molecule has 0 spiro atoms. The predicted molar refractivity (Wildman–Crippen MR) is 120 cm³/mol. The molecule has 1 amide bonds. The van der Waals surface area contributed by atoms with E-state index in [9.17, 15) is 4.79 Å². The summed E-state index contributed by atoms with van der Waals surface area (Å²) in [6.07, 6.45) is 6.18. The highest BCUT2D eigenvalue weighted by atomic mass is 16.2. The zero-order chi connectivity index (χ0) is 21.9. The summed E-state index contributed by atoms with van der Waals surface area (Å²) >= 11 is 0. The van der Waals surface area contributed by atoms with Gasteiger partial charge in [0.05, 0.1) is 11.3 Å². The smallest absolute Gasteiger partial charge is 0.253 e. The third-order valence-electron chi connectivity index (χ3n) is 5.70. The number of hydrogen-bond acceptors (Lipinski definition) is 4. The summed E-state index contributed by atoms with van der Waals surface area (Å²) in [6.45, 7) is 1.33. The van der Waals surface area contributed by atoms with Crippen LogP contribution in [0.4, 0.5) is 0 Å². The highest BCUT2D eigenvalue weighted by Gasteiger charge is 2.30. The molecule has 0 bridgehead atoms. The molecule has 4 aromatic rings. The van der Waals surface area contributed by atoms with Gasteiger partial charge in [-0.15, -0.1) is 10.2 Å². The van der Waals surface area contributed by atoms with Crippen LogP contribution in [0.2, 0.25) is 0 Å². The lowest BCUT2D eigenvalue weighted by atomic mass is 10.1. The van der Waals surface area contributed by atoms with Gasteiger partial charge in [-0.25, -0.2) is 4.68 Å². The van der Waals surface area contributed by atoms with E-state index in [1.807, 2.05) is 77.3 Å². The van der Waals surface area contributed by atoms with Crippen molar-refractivity contribution in [1.29, 1.82) is 0 Å². The van der Waals surface area contributed by atoms with Gasteiger partial charge in [0.2, 0.25) is 0 Å². The van der Waals surface area contributed by atoms with Crippen molar-refractivity contribution in [2.24, 2.45) is 7.05 Å². The van der Waals surface area contributed by atoms with E-state index in [2.05, 4.69) is 27.1 Å². The lowest BCUT2D eigenvalue weighted by molar-refractivity contribution is 0.0790. The van der Waals surface area contributed by atoms with Gasteiger partial charge >= 0.3 is 0 Å². The Morgan fingerprint density at radius 1 is 1.09 bits per heavy atom. The number of amides is 1. The van der Waals surface area contributed by atoms with E-state index < -0.39 is 0 Å². The first-order valence-electron chi connectivity index (χ1n) is 10.5. The summed E-state index contributed by atoms with van der Waals surface area (Å²) in [5.74, 6) is 7.56. The molecule has 32 heavy (non-hydrogen) atoms. The van der Waals surface area contributed by atoms with Gasteiger partial charge in [0.15, 0.2) is 0 Å². The third-order valence-corrected chi connectivity index (χ3v) is 5.70. The maximum absolute atomic E-state index is 13.3. The normalized spacial score (nSPS) is 15.4. The van der Waals surface area contributed by atoms with Crippen molar-refractivity contribution in [2.75, 3.05) is 13.1 Å². The Morgan fingerprint density at radius 3 is 2.72 bits per heavy atom. The molecule has 1 unspecified atom stereocenters. The largest absolute Gasteiger partial charge is 0.338 e. The van der Waals surface area contributed by atoms with Crippen LogP contribution in [-0.2, 0) is 7.05 Å². The second-order valence-electron chi connectivity index (χ2n) is 7.84. The predicted octanol–water partition coefficient (Wildman–Crippen LogP) is 3.03. The van der Waals surface area contributed by atoms with E-state index >= 15 is 0 Å². The number of benzene rings is 2. The molecule has 0 aliphatic carbocycles. The Balaban J connectivity index is 1.44. The maximum Gasteiger partial charge on any atom is 0.253 e. The van der Waals surface area contributed by atoms with Gasteiger partial charge in [0.25, 0.3) is 5.91 Å². The topological polar surface area (TPSA) is 68.8 Å². The average molecular weight is 422 g/mol. The van der Waals surface area contributed by atoms with Crippen LogP contribution in [-0.4, -0.2) is 48.4 Å². The van der Waals surface area contributed by atoms with Gasteiger partial charge < -0.3 is 9.47 Å². The second-order valence-corrected chi connectivity index (χ2v) is 7.84. The number of carbonyl (C=O) groups is 1. The number of hydrogen-bond donors (Lipinski definition) is 0. The van der Waals surface area contributed by atoms with Gasteiger partial charge in [0.1, 0.15) is 12.2 Å². The number of likely N-dealkylation sites (tertiary alicyclic amines) is 1. The Labute approximate surface area is 186 Å². The quantitative estimate of drug-likeness (QED) is 0.476. The van der Waals surface area contributed by atoms with Crippen molar-refractivity contribution in [3.63, 3.8) is 0 Å². The zero-order valence-corrected chi connectivity index (χ0v) is 17.7. The third kappa shape index (κ3) is 3.91. The van der Waals surface area contributed by atoms with E-state index in [4.69, 9.17) is 0 Å². The highest BCUT2D eigenvalue weighted by molar-refractivity contribution is 5.95. The molecule has 2 aromatic heterocycles. The number of aromatic nitrogens is 5. The van der Waals surface area contributed by atoms with E-state index in [-0.39, 0.29) is 11.8 Å². The zero-order valence-electron chi connectivity index (χ0n) is 17.7. The first-order chi connectivity index (χ1) is 15.7. The van der Waals surface area contributed by atoms with Crippen LogP contribution >= 0.6 is 0 Å². The van der Waals surface area contributed by atoms with E-state index in [0.29, 0.717) is 18.7 Å². The number of rotatable bonds is 3. The second kappa shape index (κ2) is 8.52. The number of nitrogens with zero attached hydrogens (tertiary/aromatic N) is 6. The monoisotopic (exact) mass is 422 g/mol. The summed E-state index contributed by atoms with van der Waals surface area (Å²) < 4.78 is 3.69. The van der Waals surface area contributed by atoms with Crippen molar-refractivity contribution in [1.82, 2.24) is 29.4 Å². The molecule has 1 fully saturated rings. The minimum absolute atomic E-state index is 0.00412. The average Bonchev–Trinajstić information content (AvgIpc) is 3.59. The van der Waals surface area contributed by atoms with Crippen molar-refractivity contribution < 1.29 is 4.79 Å². The van der Waals surface area contributed by atoms with Gasteiger partial charge in [-0.2, -0.15) is 5.10 Å². The van der Waals surface area contributed by atoms with Crippen molar-refractivity contribution >= 4 is 5.91 Å². The summed E-state index contributed by atoms with van der Waals surface area (Å²) in [7, 11) is 1.94. The van der Waals surface area contributed by atoms with Crippen LogP contribution in [0.15, 0.2) is 73.3 Å². The lowest BCUT2D eigenvalue weighted by Crippen LogP contribution is -2.28. The molecule has 2 aromatic carbocycles. The molecule has 0 radical (unpaired) electrons. The van der Waals surface area contributed by atoms with Crippen LogP contribution in [0.25, 0.3) is 5.69 Å². The molecule has 0 saturated carbocycles. The van der Waals surface area contributed by atoms with Crippen molar-refractivity contribution in [2.45, 2.75) is 12.3 Å². The van der Waals surface area contributed by atoms with Gasteiger partial charge in [0, 0.05) is 49.6 Å². The van der Waals surface area contributed by atoms with Gasteiger partial charge in [-0.1, -0.05) is 30.0 Å². The molecule has 7 heteroatoms. The molecule has 1 atom stereocenters. The Morgan fingerprint density at radius 2 is 1.97 bits per heavy atom. The van der Waals surface area contributed by atoms with E-state index in [1.165, 1.54) is 0 Å². The van der Waals surface area contributed by atoms with E-state index in [0.717, 1.165) is 29.1 Å². The molecule has 5 rings (SSSR count). The Hall–Kier alpha value is -4.18. The maximum atomic E-state index is 13.3. The molecule has 0 N–H and O–H groups in total. The van der Waals surface area contributed by atoms with Crippen LogP contribution in [0.3, 0.4) is 0 Å². The fourth-order valence-corrected chi connectivity index (χ4v) is 4.04. The lowest BCUT2D eigenvalue weighted by Gasteiger charge is -2.17. The molecular formula is C25H22N6O. The first-order valence-corrected chi connectivity index (χ1v) is 10.5. The van der Waals surface area contributed by atoms with Crippen LogP contribution in [0.5, 0.6) is 0 Å². The molecule has 3 heterocycles. The molecule has 1 aliphatic rings. The fourth-order valence-electron chi connectivity index (χ4n) is 4.04. The summed E-state index contributed by atoms with van der Waals surface area (Å²) in [6, 6.07) is 17.3. The number of carbonyl (C=O) groups excluding carboxylic acids is 1. The summed E-state index contributed by atoms with van der Waals surface area (Å²) in [4.78, 5) is 15.2. The van der Waals surface area contributed by atoms with E-state index in [1.54, 1.807) is 17.2 Å². The Bertz CT molecular complexity index is 1300. The SMILES string of the molecule is Cn1cnnc1C1CCN(C(=O)c2ccc(-n3cccn3)c(C#Cc3ccccc3)c2)C1. The van der Waals surface area contributed by atoms with Crippen LogP contribution < -0.4 is 0 Å². The Kier molecular flexibility index (Phi) is 5.26. The molecule has 158 valence electrons. The van der Waals surface area contributed by atoms with Gasteiger partial charge in [-0.3, -0.25) is 4.79 Å². The molecular weight excluding hydrogens is 400 g/mol. The summed E-state index contributed by atoms with van der Waals surface area (Å²) in [5.41, 5.74) is 3.14. The van der Waals surface area contributed by atoms with Crippen molar-refractivity contribution in [3.05, 3.63) is 95.8 Å². The molecule has 7 nitrogen and oxygen atoms in total. The first kappa shape index (κ1) is 19.8. The minimum Gasteiger partial charge on any atom is -0.338 e. The van der Waals surface area contributed by atoms with Crippen LogP contribution in [0.1, 0.15) is 39.6 Å². The van der Waals surface area contributed by atoms with Crippen LogP contribution in [0, 0.1) is 11.8 Å². The fraction of sp³-hybridized carbons (Fsp3) is 0.200. The molecule has 1 saturated heterocycles. The molecule has 1 aliphatic heterocycles.